The molecule has 1 aliphatic heterocycles. The van der Waals surface area contributed by atoms with Crippen molar-refractivity contribution < 1.29 is 14.3 Å². The summed E-state index contributed by atoms with van der Waals surface area (Å²) in [6, 6.07) is 0. The van der Waals surface area contributed by atoms with Crippen molar-refractivity contribution in [1.82, 2.24) is 4.90 Å². The third-order valence-corrected chi connectivity index (χ3v) is 2.06. The highest BCUT2D eigenvalue weighted by Gasteiger charge is 2.09. The molecule has 4 nitrogen and oxygen atoms in total. The van der Waals surface area contributed by atoms with Gasteiger partial charge in [-0.25, -0.2) is 4.79 Å². The van der Waals surface area contributed by atoms with Crippen LogP contribution in [-0.4, -0.2) is 50.3 Å². The summed E-state index contributed by atoms with van der Waals surface area (Å²) in [4.78, 5) is 13.2. The lowest BCUT2D eigenvalue weighted by Crippen LogP contribution is -2.38. The number of rotatable bonds is 4. The first kappa shape index (κ1) is 11.2. The summed E-state index contributed by atoms with van der Waals surface area (Å²) in [7, 11) is 0. The molecule has 0 atom stereocenters. The lowest BCUT2D eigenvalue weighted by molar-refractivity contribution is -0.138. The van der Waals surface area contributed by atoms with E-state index in [0.29, 0.717) is 6.61 Å². The van der Waals surface area contributed by atoms with Crippen molar-refractivity contribution in [3.63, 3.8) is 0 Å². The van der Waals surface area contributed by atoms with Crippen molar-refractivity contribution in [3.05, 3.63) is 12.2 Å². The molecule has 1 aliphatic rings. The second-order valence-corrected chi connectivity index (χ2v) is 3.12. The molecule has 0 aromatic heterocycles. The van der Waals surface area contributed by atoms with Gasteiger partial charge in [-0.1, -0.05) is 6.08 Å². The molecule has 4 heteroatoms. The molecular formula is C10H17NO3. The fourth-order valence-corrected chi connectivity index (χ4v) is 1.28. The Labute approximate surface area is 84.5 Å². The number of allylic oxidation sites excluding steroid dienone is 1. The Bertz CT molecular complexity index is 198. The van der Waals surface area contributed by atoms with Crippen molar-refractivity contribution in [3.8, 4) is 0 Å². The lowest BCUT2D eigenvalue weighted by atomic mass is 10.4. The molecule has 0 aromatic carbocycles. The maximum absolute atomic E-state index is 10.9. The standard InChI is InChI=1S/C10H17NO3/c1-2-3-10(12)14-9-6-11-4-7-13-8-5-11/h2-3H,4-9H2,1H3/b3-2+. The van der Waals surface area contributed by atoms with Crippen LogP contribution in [0.4, 0.5) is 0 Å². The number of hydrogen-bond acceptors (Lipinski definition) is 4. The first-order valence-corrected chi connectivity index (χ1v) is 4.92. The highest BCUT2D eigenvalue weighted by Crippen LogP contribution is 1.96. The molecule has 80 valence electrons. The van der Waals surface area contributed by atoms with Gasteiger partial charge < -0.3 is 9.47 Å². The van der Waals surface area contributed by atoms with Gasteiger partial charge >= 0.3 is 5.97 Å². The van der Waals surface area contributed by atoms with E-state index in [0.717, 1.165) is 32.8 Å². The molecular weight excluding hydrogens is 182 g/mol. The number of morpholine rings is 1. The van der Waals surface area contributed by atoms with Crippen molar-refractivity contribution in [2.75, 3.05) is 39.5 Å². The Hall–Kier alpha value is -0.870. The quantitative estimate of drug-likeness (QED) is 0.486. The fourth-order valence-electron chi connectivity index (χ4n) is 1.28. The summed E-state index contributed by atoms with van der Waals surface area (Å²) in [6.45, 7) is 6.48. The number of nitrogens with zero attached hydrogens (tertiary/aromatic N) is 1. The van der Waals surface area contributed by atoms with Gasteiger partial charge in [0.05, 0.1) is 13.2 Å². The van der Waals surface area contributed by atoms with E-state index in [1.54, 1.807) is 13.0 Å². The smallest absolute Gasteiger partial charge is 0.330 e. The SMILES string of the molecule is C/C=C/C(=O)OCCN1CCOCC1. The number of ether oxygens (including phenoxy) is 2. The number of esters is 1. The zero-order valence-corrected chi connectivity index (χ0v) is 8.57. The molecule has 0 spiro atoms. The number of hydrogen-bond donors (Lipinski definition) is 0. The first-order chi connectivity index (χ1) is 6.83. The molecule has 0 unspecified atom stereocenters. The van der Waals surface area contributed by atoms with Crippen LogP contribution in [0.3, 0.4) is 0 Å². The van der Waals surface area contributed by atoms with Gasteiger partial charge in [0.1, 0.15) is 6.61 Å². The third-order valence-electron chi connectivity index (χ3n) is 2.06. The fraction of sp³-hybridized carbons (Fsp3) is 0.700. The van der Waals surface area contributed by atoms with Gasteiger partial charge in [0.25, 0.3) is 0 Å². The molecule has 14 heavy (non-hydrogen) atoms. The van der Waals surface area contributed by atoms with Gasteiger partial charge in [-0.15, -0.1) is 0 Å². The normalized spacial score (nSPS) is 18.6. The second-order valence-electron chi connectivity index (χ2n) is 3.12. The summed E-state index contributed by atoms with van der Waals surface area (Å²) in [5.41, 5.74) is 0. The molecule has 0 aliphatic carbocycles. The molecule has 1 heterocycles. The van der Waals surface area contributed by atoms with Crippen molar-refractivity contribution in [2.45, 2.75) is 6.92 Å². The van der Waals surface area contributed by atoms with Gasteiger partial charge in [0.15, 0.2) is 0 Å². The Morgan fingerprint density at radius 2 is 2.21 bits per heavy atom. The molecule has 0 radical (unpaired) electrons. The Morgan fingerprint density at radius 3 is 2.86 bits per heavy atom. The lowest BCUT2D eigenvalue weighted by Gasteiger charge is -2.25. The minimum Gasteiger partial charge on any atom is -0.461 e. The van der Waals surface area contributed by atoms with Crippen LogP contribution in [0.15, 0.2) is 12.2 Å². The van der Waals surface area contributed by atoms with E-state index in [4.69, 9.17) is 9.47 Å². The minimum atomic E-state index is -0.263. The van der Waals surface area contributed by atoms with Crippen LogP contribution in [0.1, 0.15) is 6.92 Å². The molecule has 0 saturated carbocycles. The van der Waals surface area contributed by atoms with E-state index in [1.807, 2.05) is 0 Å². The highest BCUT2D eigenvalue weighted by molar-refractivity contribution is 5.81. The molecule has 1 rings (SSSR count). The Balaban J connectivity index is 2.05. The number of carbonyl (C=O) groups excluding carboxylic acids is 1. The van der Waals surface area contributed by atoms with Gasteiger partial charge in [0.2, 0.25) is 0 Å². The molecule has 1 saturated heterocycles. The largest absolute Gasteiger partial charge is 0.461 e. The minimum absolute atomic E-state index is 0.263. The maximum Gasteiger partial charge on any atom is 0.330 e. The van der Waals surface area contributed by atoms with Crippen molar-refractivity contribution in [1.29, 1.82) is 0 Å². The van der Waals surface area contributed by atoms with Crippen LogP contribution in [0.2, 0.25) is 0 Å². The van der Waals surface area contributed by atoms with Crippen LogP contribution in [0, 0.1) is 0 Å². The highest BCUT2D eigenvalue weighted by atomic mass is 16.5. The van der Waals surface area contributed by atoms with Crippen LogP contribution in [0.5, 0.6) is 0 Å². The van der Waals surface area contributed by atoms with E-state index >= 15 is 0 Å². The Morgan fingerprint density at radius 1 is 1.50 bits per heavy atom. The average Bonchev–Trinajstić information content (AvgIpc) is 2.20. The summed E-state index contributed by atoms with van der Waals surface area (Å²) >= 11 is 0. The summed E-state index contributed by atoms with van der Waals surface area (Å²) < 4.78 is 10.2. The summed E-state index contributed by atoms with van der Waals surface area (Å²) in [6.07, 6.45) is 3.11. The van der Waals surface area contributed by atoms with Crippen LogP contribution >= 0.6 is 0 Å². The van der Waals surface area contributed by atoms with Crippen LogP contribution in [-0.2, 0) is 14.3 Å². The van der Waals surface area contributed by atoms with E-state index < -0.39 is 0 Å². The molecule has 0 N–H and O–H groups in total. The maximum atomic E-state index is 10.9. The van der Waals surface area contributed by atoms with E-state index in [2.05, 4.69) is 4.90 Å². The molecule has 0 aromatic rings. The zero-order valence-electron chi connectivity index (χ0n) is 8.57. The van der Waals surface area contributed by atoms with Crippen LogP contribution in [0.25, 0.3) is 0 Å². The molecule has 1 fully saturated rings. The van der Waals surface area contributed by atoms with Crippen molar-refractivity contribution in [2.24, 2.45) is 0 Å². The van der Waals surface area contributed by atoms with E-state index in [9.17, 15) is 4.79 Å². The average molecular weight is 199 g/mol. The zero-order chi connectivity index (χ0) is 10.2. The first-order valence-electron chi connectivity index (χ1n) is 4.92. The third kappa shape index (κ3) is 4.39. The topological polar surface area (TPSA) is 38.8 Å². The predicted molar refractivity (Wildman–Crippen MR) is 53.0 cm³/mol. The van der Waals surface area contributed by atoms with Crippen LogP contribution < -0.4 is 0 Å². The van der Waals surface area contributed by atoms with Crippen molar-refractivity contribution >= 4 is 5.97 Å². The van der Waals surface area contributed by atoms with Gasteiger partial charge in [0, 0.05) is 25.7 Å². The molecule has 0 amide bonds. The van der Waals surface area contributed by atoms with Gasteiger partial charge in [-0.3, -0.25) is 4.90 Å². The predicted octanol–water partition coefficient (Wildman–Crippen LogP) is 0.438. The number of carbonyl (C=O) groups is 1. The summed E-state index contributed by atoms with van der Waals surface area (Å²) in [5.74, 6) is -0.263. The summed E-state index contributed by atoms with van der Waals surface area (Å²) in [5, 5.41) is 0. The van der Waals surface area contributed by atoms with E-state index in [-0.39, 0.29) is 5.97 Å². The molecule has 0 bridgehead atoms. The van der Waals surface area contributed by atoms with Gasteiger partial charge in [-0.05, 0) is 6.92 Å². The monoisotopic (exact) mass is 199 g/mol. The second kappa shape index (κ2) is 6.56. The van der Waals surface area contributed by atoms with E-state index in [1.165, 1.54) is 6.08 Å². The van der Waals surface area contributed by atoms with Gasteiger partial charge in [-0.2, -0.15) is 0 Å². The Kier molecular flexibility index (Phi) is 5.25.